The van der Waals surface area contributed by atoms with Crippen molar-refractivity contribution in [1.82, 2.24) is 4.98 Å². The van der Waals surface area contributed by atoms with Gasteiger partial charge in [-0.15, -0.1) is 11.6 Å². The van der Waals surface area contributed by atoms with Crippen LogP contribution in [0.15, 0.2) is 30.3 Å². The Hall–Kier alpha value is -1.28. The van der Waals surface area contributed by atoms with Gasteiger partial charge in [-0.25, -0.2) is 4.98 Å². The van der Waals surface area contributed by atoms with Gasteiger partial charge in [-0.1, -0.05) is 18.2 Å². The van der Waals surface area contributed by atoms with E-state index in [2.05, 4.69) is 29.4 Å². The molecule has 1 heterocycles. The van der Waals surface area contributed by atoms with E-state index in [0.717, 1.165) is 24.2 Å². The molecule has 2 nitrogen and oxygen atoms in total. The normalized spacial score (nSPS) is 17.1. The van der Waals surface area contributed by atoms with E-state index in [1.807, 2.05) is 18.2 Å². The number of benzene rings is 1. The lowest BCUT2D eigenvalue weighted by Crippen LogP contribution is -2.24. The molecule has 1 saturated carbocycles. The summed E-state index contributed by atoms with van der Waals surface area (Å²) in [7, 11) is 0. The first kappa shape index (κ1) is 10.8. The molecule has 3 rings (SSSR count). The van der Waals surface area contributed by atoms with E-state index in [4.69, 9.17) is 11.6 Å². The summed E-state index contributed by atoms with van der Waals surface area (Å²) in [6, 6.07) is 10.4. The number of para-hydroxylation sites is 1. The van der Waals surface area contributed by atoms with Crippen molar-refractivity contribution in [2.24, 2.45) is 0 Å². The van der Waals surface area contributed by atoms with Crippen molar-refractivity contribution in [2.75, 3.05) is 11.2 Å². The molecule has 0 aliphatic heterocycles. The van der Waals surface area contributed by atoms with Gasteiger partial charge in [0.2, 0.25) is 0 Å². The largest absolute Gasteiger partial charge is 0.363 e. The Bertz CT molecular complexity index is 561. The third-order valence-corrected chi connectivity index (χ3v) is 3.92. The van der Waals surface area contributed by atoms with E-state index < -0.39 is 0 Å². The molecule has 0 saturated heterocycles. The lowest BCUT2D eigenvalue weighted by atomic mass is 10.1. The number of alkyl halides is 1. The van der Waals surface area contributed by atoms with Crippen molar-refractivity contribution in [3.63, 3.8) is 0 Å². The van der Waals surface area contributed by atoms with Gasteiger partial charge in [0.25, 0.3) is 0 Å². The SMILES string of the molecule is Cc1cc2ccccc2nc1NC1(CCl)CC1. The number of nitrogens with one attached hydrogen (secondary N) is 1. The molecule has 2 aromatic rings. The first-order valence-electron chi connectivity index (χ1n) is 5.93. The number of anilines is 1. The van der Waals surface area contributed by atoms with Crippen LogP contribution in [0.25, 0.3) is 10.9 Å². The molecule has 1 aromatic heterocycles. The highest BCUT2D eigenvalue weighted by Gasteiger charge is 2.42. The molecule has 1 N–H and O–H groups in total. The third kappa shape index (κ3) is 1.98. The zero-order chi connectivity index (χ0) is 11.9. The van der Waals surface area contributed by atoms with Crippen LogP contribution in [0.2, 0.25) is 0 Å². The highest BCUT2D eigenvalue weighted by atomic mass is 35.5. The number of aryl methyl sites for hydroxylation is 1. The quantitative estimate of drug-likeness (QED) is 0.835. The van der Waals surface area contributed by atoms with Crippen molar-refractivity contribution in [3.05, 3.63) is 35.9 Å². The zero-order valence-electron chi connectivity index (χ0n) is 9.83. The zero-order valence-corrected chi connectivity index (χ0v) is 10.6. The molecule has 0 atom stereocenters. The number of hydrogen-bond acceptors (Lipinski definition) is 2. The number of fused-ring (bicyclic) bond motifs is 1. The maximum atomic E-state index is 5.99. The van der Waals surface area contributed by atoms with Crippen LogP contribution in [0, 0.1) is 6.92 Å². The Labute approximate surface area is 106 Å². The maximum Gasteiger partial charge on any atom is 0.130 e. The third-order valence-electron chi connectivity index (χ3n) is 3.41. The van der Waals surface area contributed by atoms with Crippen molar-refractivity contribution in [1.29, 1.82) is 0 Å². The summed E-state index contributed by atoms with van der Waals surface area (Å²) in [4.78, 5) is 4.68. The molecule has 1 aromatic carbocycles. The summed E-state index contributed by atoms with van der Waals surface area (Å²) in [5, 5.41) is 4.68. The van der Waals surface area contributed by atoms with Crippen LogP contribution in [0.1, 0.15) is 18.4 Å². The van der Waals surface area contributed by atoms with E-state index >= 15 is 0 Å². The van der Waals surface area contributed by atoms with Crippen LogP contribution in [-0.2, 0) is 0 Å². The van der Waals surface area contributed by atoms with E-state index in [0.29, 0.717) is 5.88 Å². The fraction of sp³-hybridized carbons (Fsp3) is 0.357. The Morgan fingerprint density at radius 2 is 2.12 bits per heavy atom. The average Bonchev–Trinajstić information content (AvgIpc) is 3.11. The van der Waals surface area contributed by atoms with Crippen LogP contribution in [-0.4, -0.2) is 16.4 Å². The minimum Gasteiger partial charge on any atom is -0.363 e. The van der Waals surface area contributed by atoms with Gasteiger partial charge in [-0.2, -0.15) is 0 Å². The fourth-order valence-corrected chi connectivity index (χ4v) is 2.38. The van der Waals surface area contributed by atoms with Crippen LogP contribution in [0.4, 0.5) is 5.82 Å². The Kier molecular flexibility index (Phi) is 2.48. The lowest BCUT2D eigenvalue weighted by molar-refractivity contribution is 0.829. The summed E-state index contributed by atoms with van der Waals surface area (Å²) in [6.45, 7) is 2.09. The van der Waals surface area contributed by atoms with Gasteiger partial charge in [0, 0.05) is 11.3 Å². The molecule has 0 amide bonds. The highest BCUT2D eigenvalue weighted by molar-refractivity contribution is 6.19. The summed E-state index contributed by atoms with van der Waals surface area (Å²) in [5.74, 6) is 1.63. The standard InChI is InChI=1S/C14H15ClN2/c1-10-8-11-4-2-3-5-12(11)16-13(10)17-14(9-15)6-7-14/h2-5,8H,6-7,9H2,1H3,(H,16,17). The number of pyridine rings is 1. The second-order valence-electron chi connectivity index (χ2n) is 4.89. The van der Waals surface area contributed by atoms with Crippen molar-refractivity contribution < 1.29 is 0 Å². The molecule has 1 fully saturated rings. The summed E-state index contributed by atoms with van der Waals surface area (Å²) < 4.78 is 0. The minimum atomic E-state index is 0.0990. The average molecular weight is 247 g/mol. The van der Waals surface area contributed by atoms with E-state index in [9.17, 15) is 0 Å². The van der Waals surface area contributed by atoms with Crippen LogP contribution < -0.4 is 5.32 Å². The van der Waals surface area contributed by atoms with Crippen molar-refractivity contribution in [2.45, 2.75) is 25.3 Å². The lowest BCUT2D eigenvalue weighted by Gasteiger charge is -2.17. The molecule has 88 valence electrons. The number of halogens is 1. The van der Waals surface area contributed by atoms with Crippen LogP contribution in [0.5, 0.6) is 0 Å². The van der Waals surface area contributed by atoms with Gasteiger partial charge in [0.15, 0.2) is 0 Å². The molecule has 3 heteroatoms. The summed E-state index contributed by atoms with van der Waals surface area (Å²) in [6.07, 6.45) is 2.29. The molecular formula is C14H15ClN2. The maximum absolute atomic E-state index is 5.99. The number of rotatable bonds is 3. The predicted molar refractivity (Wildman–Crippen MR) is 72.8 cm³/mol. The smallest absolute Gasteiger partial charge is 0.130 e. The second kappa shape index (κ2) is 3.88. The van der Waals surface area contributed by atoms with Crippen molar-refractivity contribution >= 4 is 28.3 Å². The Balaban J connectivity index is 2.01. The second-order valence-corrected chi connectivity index (χ2v) is 5.15. The fourth-order valence-electron chi connectivity index (χ4n) is 2.04. The topological polar surface area (TPSA) is 24.9 Å². The van der Waals surface area contributed by atoms with E-state index in [-0.39, 0.29) is 5.54 Å². The molecule has 0 unspecified atom stereocenters. The molecule has 1 aliphatic rings. The Morgan fingerprint density at radius 1 is 1.35 bits per heavy atom. The number of aromatic nitrogens is 1. The molecule has 1 aliphatic carbocycles. The highest BCUT2D eigenvalue weighted by Crippen LogP contribution is 2.40. The molecule has 0 bridgehead atoms. The molecule has 17 heavy (non-hydrogen) atoms. The van der Waals surface area contributed by atoms with Gasteiger partial charge >= 0.3 is 0 Å². The van der Waals surface area contributed by atoms with Gasteiger partial charge in [-0.3, -0.25) is 0 Å². The van der Waals surface area contributed by atoms with Crippen molar-refractivity contribution in [3.8, 4) is 0 Å². The van der Waals surface area contributed by atoms with Gasteiger partial charge in [0.05, 0.1) is 11.1 Å². The van der Waals surface area contributed by atoms with Crippen LogP contribution in [0.3, 0.4) is 0 Å². The monoisotopic (exact) mass is 246 g/mol. The van der Waals surface area contributed by atoms with E-state index in [1.165, 1.54) is 10.9 Å². The minimum absolute atomic E-state index is 0.0990. The van der Waals surface area contributed by atoms with Gasteiger partial charge in [0.1, 0.15) is 5.82 Å². The number of nitrogens with zero attached hydrogens (tertiary/aromatic N) is 1. The van der Waals surface area contributed by atoms with Gasteiger partial charge < -0.3 is 5.32 Å². The van der Waals surface area contributed by atoms with Gasteiger partial charge in [-0.05, 0) is 37.5 Å². The molecular weight excluding hydrogens is 232 g/mol. The van der Waals surface area contributed by atoms with E-state index in [1.54, 1.807) is 0 Å². The molecule has 0 spiro atoms. The van der Waals surface area contributed by atoms with Crippen LogP contribution >= 0.6 is 11.6 Å². The summed E-state index contributed by atoms with van der Waals surface area (Å²) >= 11 is 5.99. The first-order valence-corrected chi connectivity index (χ1v) is 6.46. The summed E-state index contributed by atoms with van der Waals surface area (Å²) in [5.41, 5.74) is 2.31. The molecule has 0 radical (unpaired) electrons. The number of hydrogen-bond donors (Lipinski definition) is 1. The predicted octanol–water partition coefficient (Wildman–Crippen LogP) is 3.73. The Morgan fingerprint density at radius 3 is 2.82 bits per heavy atom. The first-order chi connectivity index (χ1) is 8.22.